The number of carbonyl (C=O) groups excluding carboxylic acids is 1. The van der Waals surface area contributed by atoms with Crippen LogP contribution in [-0.2, 0) is 9.47 Å². The highest BCUT2D eigenvalue weighted by Gasteiger charge is 2.31. The van der Waals surface area contributed by atoms with Crippen molar-refractivity contribution in [3.63, 3.8) is 0 Å². The van der Waals surface area contributed by atoms with E-state index in [-0.39, 0.29) is 6.09 Å². The summed E-state index contributed by atoms with van der Waals surface area (Å²) in [6, 6.07) is 0.463. The molecular weight excluding hydrogens is 256 g/mol. The van der Waals surface area contributed by atoms with Gasteiger partial charge in [-0.1, -0.05) is 0 Å². The van der Waals surface area contributed by atoms with Gasteiger partial charge in [-0.05, 0) is 46.5 Å². The van der Waals surface area contributed by atoms with Crippen LogP contribution in [0.3, 0.4) is 0 Å². The maximum Gasteiger partial charge on any atom is 0.410 e. The Balaban J connectivity index is 1.71. The van der Waals surface area contributed by atoms with Gasteiger partial charge in [-0.15, -0.1) is 0 Å². The van der Waals surface area contributed by atoms with Crippen molar-refractivity contribution in [2.75, 3.05) is 26.2 Å². The molecule has 2 rings (SSSR count). The normalized spacial score (nSPS) is 30.8. The molecular formula is C15H28N2O3. The predicted octanol–water partition coefficient (Wildman–Crippen LogP) is 2.01. The lowest BCUT2D eigenvalue weighted by Crippen LogP contribution is -2.39. The quantitative estimate of drug-likeness (QED) is 0.861. The summed E-state index contributed by atoms with van der Waals surface area (Å²) in [6.45, 7) is 11.2. The molecule has 0 aromatic rings. The fourth-order valence-electron chi connectivity index (χ4n) is 2.81. The Morgan fingerprint density at radius 1 is 1.40 bits per heavy atom. The number of carbonyl (C=O) groups is 1. The van der Waals surface area contributed by atoms with Gasteiger partial charge in [0.05, 0.1) is 6.10 Å². The molecule has 116 valence electrons. The standard InChI is InChI=1S/C15H28N2O3/c1-11-13(6-8-19-11)16-9-12-5-7-17(10-12)14(18)20-15(2,3)4/h11-13,16H,5-10H2,1-4H3/t11-,12+,13-/m0/s1. The predicted molar refractivity (Wildman–Crippen MR) is 77.7 cm³/mol. The fourth-order valence-corrected chi connectivity index (χ4v) is 2.81. The SMILES string of the molecule is C[C@@H]1OCC[C@@H]1NC[C@H]1CCN(C(=O)OC(C)(C)C)C1. The Labute approximate surface area is 122 Å². The largest absolute Gasteiger partial charge is 0.444 e. The van der Waals surface area contributed by atoms with Gasteiger partial charge in [0.15, 0.2) is 0 Å². The van der Waals surface area contributed by atoms with E-state index >= 15 is 0 Å². The van der Waals surface area contributed by atoms with E-state index in [0.717, 1.165) is 39.1 Å². The van der Waals surface area contributed by atoms with Gasteiger partial charge >= 0.3 is 6.09 Å². The zero-order valence-corrected chi connectivity index (χ0v) is 13.1. The first-order valence-corrected chi connectivity index (χ1v) is 7.68. The average Bonchev–Trinajstić information content (AvgIpc) is 2.93. The van der Waals surface area contributed by atoms with E-state index in [4.69, 9.17) is 9.47 Å². The molecule has 1 amide bonds. The van der Waals surface area contributed by atoms with Crippen LogP contribution >= 0.6 is 0 Å². The molecule has 2 saturated heterocycles. The first kappa shape index (κ1) is 15.6. The molecule has 2 aliphatic heterocycles. The molecule has 2 fully saturated rings. The molecule has 0 bridgehead atoms. The van der Waals surface area contributed by atoms with Crippen molar-refractivity contribution in [2.24, 2.45) is 5.92 Å². The summed E-state index contributed by atoms with van der Waals surface area (Å²) in [5.74, 6) is 0.523. The Hall–Kier alpha value is -0.810. The average molecular weight is 284 g/mol. The van der Waals surface area contributed by atoms with E-state index < -0.39 is 5.60 Å². The Morgan fingerprint density at radius 3 is 2.75 bits per heavy atom. The number of nitrogens with zero attached hydrogens (tertiary/aromatic N) is 1. The lowest BCUT2D eigenvalue weighted by atomic mass is 10.1. The number of hydrogen-bond donors (Lipinski definition) is 1. The Bertz CT molecular complexity index is 341. The molecule has 0 aromatic carbocycles. The van der Waals surface area contributed by atoms with E-state index in [1.54, 1.807) is 0 Å². The molecule has 0 aromatic heterocycles. The fraction of sp³-hybridized carbons (Fsp3) is 0.933. The van der Waals surface area contributed by atoms with Crippen molar-refractivity contribution in [3.8, 4) is 0 Å². The maximum atomic E-state index is 12.0. The van der Waals surface area contributed by atoms with Crippen LogP contribution in [0.25, 0.3) is 0 Å². The second-order valence-electron chi connectivity index (χ2n) is 6.96. The molecule has 0 aliphatic carbocycles. The van der Waals surface area contributed by atoms with Crippen LogP contribution in [0, 0.1) is 5.92 Å². The molecule has 5 nitrogen and oxygen atoms in total. The molecule has 2 heterocycles. The summed E-state index contributed by atoms with van der Waals surface area (Å²) in [5, 5.41) is 3.58. The van der Waals surface area contributed by atoms with Crippen LogP contribution in [0.1, 0.15) is 40.5 Å². The van der Waals surface area contributed by atoms with Crippen LogP contribution in [0.5, 0.6) is 0 Å². The molecule has 0 unspecified atom stereocenters. The molecule has 1 N–H and O–H groups in total. The van der Waals surface area contributed by atoms with Gasteiger partial charge in [0.1, 0.15) is 5.60 Å². The molecule has 5 heteroatoms. The van der Waals surface area contributed by atoms with E-state index in [1.165, 1.54) is 0 Å². The molecule has 3 atom stereocenters. The summed E-state index contributed by atoms with van der Waals surface area (Å²) in [6.07, 6.45) is 2.26. The summed E-state index contributed by atoms with van der Waals surface area (Å²) in [5.41, 5.74) is -0.413. The summed E-state index contributed by atoms with van der Waals surface area (Å²) >= 11 is 0. The maximum absolute atomic E-state index is 12.0. The van der Waals surface area contributed by atoms with E-state index in [0.29, 0.717) is 18.1 Å². The van der Waals surface area contributed by atoms with Crippen molar-refractivity contribution in [3.05, 3.63) is 0 Å². The lowest BCUT2D eigenvalue weighted by molar-refractivity contribution is 0.0287. The number of ether oxygens (including phenoxy) is 2. The summed E-state index contributed by atoms with van der Waals surface area (Å²) in [7, 11) is 0. The van der Waals surface area contributed by atoms with Gasteiger partial charge in [-0.3, -0.25) is 0 Å². The first-order valence-electron chi connectivity index (χ1n) is 7.68. The van der Waals surface area contributed by atoms with Crippen molar-refractivity contribution < 1.29 is 14.3 Å². The number of likely N-dealkylation sites (tertiary alicyclic amines) is 1. The minimum absolute atomic E-state index is 0.183. The third-order valence-electron chi connectivity index (χ3n) is 3.98. The Morgan fingerprint density at radius 2 is 2.15 bits per heavy atom. The van der Waals surface area contributed by atoms with Crippen molar-refractivity contribution in [1.82, 2.24) is 10.2 Å². The summed E-state index contributed by atoms with van der Waals surface area (Å²) < 4.78 is 11.0. The number of rotatable bonds is 3. The van der Waals surface area contributed by atoms with E-state index in [1.807, 2.05) is 25.7 Å². The highest BCUT2D eigenvalue weighted by Crippen LogP contribution is 2.20. The highest BCUT2D eigenvalue weighted by molar-refractivity contribution is 5.68. The molecule has 0 radical (unpaired) electrons. The number of hydrogen-bond acceptors (Lipinski definition) is 4. The zero-order valence-electron chi connectivity index (χ0n) is 13.1. The van der Waals surface area contributed by atoms with Crippen LogP contribution in [-0.4, -0.2) is 55.0 Å². The van der Waals surface area contributed by atoms with E-state index in [9.17, 15) is 4.79 Å². The second-order valence-corrected chi connectivity index (χ2v) is 6.96. The summed E-state index contributed by atoms with van der Waals surface area (Å²) in [4.78, 5) is 13.8. The van der Waals surface area contributed by atoms with Crippen LogP contribution < -0.4 is 5.32 Å². The molecule has 0 saturated carbocycles. The van der Waals surface area contributed by atoms with Gasteiger partial charge in [0.2, 0.25) is 0 Å². The smallest absolute Gasteiger partial charge is 0.410 e. The topological polar surface area (TPSA) is 50.8 Å². The molecule has 0 spiro atoms. The number of amides is 1. The monoisotopic (exact) mass is 284 g/mol. The zero-order chi connectivity index (χ0) is 14.8. The molecule has 2 aliphatic rings. The van der Waals surface area contributed by atoms with Crippen molar-refractivity contribution in [2.45, 2.75) is 58.3 Å². The van der Waals surface area contributed by atoms with Gasteiger partial charge in [0.25, 0.3) is 0 Å². The van der Waals surface area contributed by atoms with Crippen LogP contribution in [0.15, 0.2) is 0 Å². The van der Waals surface area contributed by atoms with Gasteiger partial charge in [0, 0.05) is 32.3 Å². The van der Waals surface area contributed by atoms with Gasteiger partial charge < -0.3 is 19.7 Å². The van der Waals surface area contributed by atoms with E-state index in [2.05, 4.69) is 12.2 Å². The molecule has 20 heavy (non-hydrogen) atoms. The van der Waals surface area contributed by atoms with Gasteiger partial charge in [-0.25, -0.2) is 4.79 Å². The minimum atomic E-state index is -0.413. The van der Waals surface area contributed by atoms with Crippen molar-refractivity contribution in [1.29, 1.82) is 0 Å². The third kappa shape index (κ3) is 4.35. The highest BCUT2D eigenvalue weighted by atomic mass is 16.6. The lowest BCUT2D eigenvalue weighted by Gasteiger charge is -2.24. The van der Waals surface area contributed by atoms with Gasteiger partial charge in [-0.2, -0.15) is 0 Å². The third-order valence-corrected chi connectivity index (χ3v) is 3.98. The minimum Gasteiger partial charge on any atom is -0.444 e. The van der Waals surface area contributed by atoms with Crippen molar-refractivity contribution >= 4 is 6.09 Å². The first-order chi connectivity index (χ1) is 9.35. The van der Waals surface area contributed by atoms with Crippen LogP contribution in [0.2, 0.25) is 0 Å². The Kier molecular flexibility index (Phi) is 4.91. The van der Waals surface area contributed by atoms with Crippen LogP contribution in [0.4, 0.5) is 4.79 Å². The second kappa shape index (κ2) is 6.31. The number of nitrogens with one attached hydrogen (secondary N) is 1.